The highest BCUT2D eigenvalue weighted by molar-refractivity contribution is 7.07. The fourth-order valence-corrected chi connectivity index (χ4v) is 1.89. The third-order valence-corrected chi connectivity index (χ3v) is 2.77. The minimum Gasteiger partial charge on any atom is -0.478 e. The molecule has 0 fully saturated rings. The van der Waals surface area contributed by atoms with Crippen LogP contribution in [-0.4, -0.2) is 20.4 Å². The van der Waals surface area contributed by atoms with E-state index in [1.165, 1.54) is 6.07 Å². The summed E-state index contributed by atoms with van der Waals surface area (Å²) in [6, 6.07) is 3.53. The first-order valence-corrected chi connectivity index (χ1v) is 5.90. The molecule has 94 valence electrons. The summed E-state index contributed by atoms with van der Waals surface area (Å²) in [7, 11) is 0. The van der Waals surface area contributed by atoms with Crippen LogP contribution in [0.2, 0.25) is 0 Å². The molecule has 7 heteroatoms. The maximum atomic E-state index is 13.4. The summed E-state index contributed by atoms with van der Waals surface area (Å²) in [5, 5.41) is 8.98. The third-order valence-electron chi connectivity index (χ3n) is 2.14. The van der Waals surface area contributed by atoms with Crippen LogP contribution in [0.1, 0.15) is 23.1 Å². The Kier molecular flexibility index (Phi) is 3.52. The Labute approximate surface area is 106 Å². The highest BCUT2D eigenvalue weighted by atomic mass is 32.1. The molecule has 0 saturated heterocycles. The second kappa shape index (κ2) is 5.09. The monoisotopic (exact) mass is 268 g/mol. The number of ether oxygens (including phenoxy) is 1. The molecule has 0 spiro atoms. The molecule has 0 atom stereocenters. The molecule has 2 aromatic rings. The van der Waals surface area contributed by atoms with Crippen molar-refractivity contribution in [1.29, 1.82) is 0 Å². The number of carbonyl (C=O) groups is 1. The summed E-state index contributed by atoms with van der Waals surface area (Å²) in [5.41, 5.74) is -0.395. The molecule has 0 bridgehead atoms. The van der Waals surface area contributed by atoms with Gasteiger partial charge >= 0.3 is 5.97 Å². The van der Waals surface area contributed by atoms with E-state index in [0.29, 0.717) is 17.4 Å². The van der Waals surface area contributed by atoms with E-state index in [2.05, 4.69) is 9.36 Å². The molecule has 1 N–H and O–H groups in total. The van der Waals surface area contributed by atoms with Gasteiger partial charge in [0.2, 0.25) is 0 Å². The lowest BCUT2D eigenvalue weighted by molar-refractivity contribution is 0.0692. The van der Waals surface area contributed by atoms with E-state index in [9.17, 15) is 9.18 Å². The lowest BCUT2D eigenvalue weighted by Crippen LogP contribution is -2.00. The average Bonchev–Trinajstić information content (AvgIpc) is 2.76. The molecule has 1 aromatic heterocycles. The minimum atomic E-state index is -1.32. The maximum Gasteiger partial charge on any atom is 0.338 e. The van der Waals surface area contributed by atoms with Crippen LogP contribution in [0.4, 0.5) is 4.39 Å². The van der Waals surface area contributed by atoms with Gasteiger partial charge in [-0.2, -0.15) is 9.36 Å². The van der Waals surface area contributed by atoms with E-state index in [4.69, 9.17) is 9.84 Å². The van der Waals surface area contributed by atoms with E-state index in [0.717, 1.165) is 23.7 Å². The zero-order valence-electron chi connectivity index (χ0n) is 9.38. The van der Waals surface area contributed by atoms with Crippen molar-refractivity contribution in [3.05, 3.63) is 35.4 Å². The van der Waals surface area contributed by atoms with Crippen LogP contribution in [0.25, 0.3) is 0 Å². The van der Waals surface area contributed by atoms with E-state index < -0.39 is 17.3 Å². The van der Waals surface area contributed by atoms with Gasteiger partial charge in [-0.15, -0.1) is 0 Å². The summed E-state index contributed by atoms with van der Waals surface area (Å²) in [4.78, 5) is 14.7. The van der Waals surface area contributed by atoms with Crippen molar-refractivity contribution in [1.82, 2.24) is 9.36 Å². The van der Waals surface area contributed by atoms with Crippen molar-refractivity contribution in [2.45, 2.75) is 13.3 Å². The Hall–Kier alpha value is -2.02. The molecule has 0 aliphatic heterocycles. The fraction of sp³-hybridized carbons (Fsp3) is 0.182. The van der Waals surface area contributed by atoms with Crippen LogP contribution in [0.15, 0.2) is 18.2 Å². The number of carboxylic acid groups (broad SMARTS) is 1. The number of rotatable bonds is 4. The van der Waals surface area contributed by atoms with Gasteiger partial charge in [-0.3, -0.25) is 0 Å². The smallest absolute Gasteiger partial charge is 0.338 e. The van der Waals surface area contributed by atoms with Crippen molar-refractivity contribution in [2.75, 3.05) is 0 Å². The number of hydrogen-bond acceptors (Lipinski definition) is 5. The number of benzene rings is 1. The second-order valence-electron chi connectivity index (χ2n) is 3.38. The molecular formula is C11H9FN2O3S. The zero-order chi connectivity index (χ0) is 13.1. The van der Waals surface area contributed by atoms with Crippen LogP contribution >= 0.6 is 11.5 Å². The van der Waals surface area contributed by atoms with Crippen LogP contribution in [0.5, 0.6) is 10.9 Å². The van der Waals surface area contributed by atoms with Gasteiger partial charge < -0.3 is 9.84 Å². The second-order valence-corrected chi connectivity index (χ2v) is 4.09. The number of carboxylic acids is 1. The number of hydrogen-bond donors (Lipinski definition) is 1. The lowest BCUT2D eigenvalue weighted by Gasteiger charge is -2.02. The van der Waals surface area contributed by atoms with Gasteiger partial charge in [0.05, 0.1) is 5.56 Å². The quantitative estimate of drug-likeness (QED) is 0.923. The van der Waals surface area contributed by atoms with Gasteiger partial charge in [0, 0.05) is 24.0 Å². The predicted octanol–water partition coefficient (Wildman–Crippen LogP) is 2.73. The summed E-state index contributed by atoms with van der Waals surface area (Å²) in [6.45, 7) is 1.91. The van der Waals surface area contributed by atoms with Gasteiger partial charge in [-0.05, 0) is 12.1 Å². The summed E-state index contributed by atoms with van der Waals surface area (Å²) >= 11 is 1.06. The first-order chi connectivity index (χ1) is 8.60. The molecule has 1 aromatic carbocycles. The van der Waals surface area contributed by atoms with Gasteiger partial charge in [-0.1, -0.05) is 6.92 Å². The molecule has 0 saturated carbocycles. The van der Waals surface area contributed by atoms with Crippen molar-refractivity contribution in [2.24, 2.45) is 0 Å². The average molecular weight is 268 g/mol. The van der Waals surface area contributed by atoms with Crippen LogP contribution in [0.3, 0.4) is 0 Å². The van der Waals surface area contributed by atoms with E-state index in [1.807, 2.05) is 6.92 Å². The van der Waals surface area contributed by atoms with Gasteiger partial charge in [-0.25, -0.2) is 9.18 Å². The van der Waals surface area contributed by atoms with Gasteiger partial charge in [0.15, 0.2) is 0 Å². The van der Waals surface area contributed by atoms with Crippen LogP contribution in [-0.2, 0) is 6.42 Å². The number of halogens is 1. The highest BCUT2D eigenvalue weighted by Gasteiger charge is 2.12. The SMILES string of the molecule is CCc1nsc(Oc2ccc(C(=O)O)c(F)c2)n1. The topological polar surface area (TPSA) is 72.3 Å². The van der Waals surface area contributed by atoms with Crippen molar-refractivity contribution >= 4 is 17.5 Å². The van der Waals surface area contributed by atoms with Crippen molar-refractivity contribution in [3.8, 4) is 10.9 Å². The van der Waals surface area contributed by atoms with Gasteiger partial charge in [0.1, 0.15) is 17.4 Å². The Bertz CT molecular complexity index is 585. The largest absolute Gasteiger partial charge is 0.478 e. The molecule has 5 nitrogen and oxygen atoms in total. The number of aromatic carboxylic acids is 1. The molecule has 0 unspecified atom stereocenters. The standard InChI is InChI=1S/C11H9FN2O3S/c1-2-9-13-11(18-14-9)17-6-3-4-7(10(15)16)8(12)5-6/h3-5H,2H2,1H3,(H,15,16). The highest BCUT2D eigenvalue weighted by Crippen LogP contribution is 2.25. The Morgan fingerprint density at radius 1 is 1.56 bits per heavy atom. The maximum absolute atomic E-state index is 13.4. The third kappa shape index (κ3) is 2.62. The summed E-state index contributed by atoms with van der Waals surface area (Å²) in [6.07, 6.45) is 0.687. The molecule has 0 radical (unpaired) electrons. The van der Waals surface area contributed by atoms with Crippen LogP contribution in [0, 0.1) is 5.82 Å². The lowest BCUT2D eigenvalue weighted by atomic mass is 10.2. The molecule has 2 rings (SSSR count). The van der Waals surface area contributed by atoms with Crippen LogP contribution < -0.4 is 4.74 Å². The number of aromatic nitrogens is 2. The zero-order valence-corrected chi connectivity index (χ0v) is 10.2. The van der Waals surface area contributed by atoms with Crippen molar-refractivity contribution < 1.29 is 19.0 Å². The number of nitrogens with zero attached hydrogens (tertiary/aromatic N) is 2. The molecular weight excluding hydrogens is 259 g/mol. The van der Waals surface area contributed by atoms with Crippen molar-refractivity contribution in [3.63, 3.8) is 0 Å². The molecule has 0 aliphatic carbocycles. The summed E-state index contributed by atoms with van der Waals surface area (Å²) < 4.78 is 22.7. The summed E-state index contributed by atoms with van der Waals surface area (Å²) in [5.74, 6) is -1.32. The van der Waals surface area contributed by atoms with Gasteiger partial charge in [0.25, 0.3) is 5.19 Å². The predicted molar refractivity (Wildman–Crippen MR) is 62.7 cm³/mol. The molecule has 0 aliphatic rings. The Balaban J connectivity index is 2.19. The Morgan fingerprint density at radius 3 is 2.89 bits per heavy atom. The normalized spacial score (nSPS) is 10.3. The fourth-order valence-electron chi connectivity index (χ4n) is 1.26. The molecule has 18 heavy (non-hydrogen) atoms. The van der Waals surface area contributed by atoms with E-state index >= 15 is 0 Å². The molecule has 1 heterocycles. The minimum absolute atomic E-state index is 0.191. The number of aryl methyl sites for hydroxylation is 1. The first-order valence-electron chi connectivity index (χ1n) is 5.13. The first kappa shape index (κ1) is 12.4. The molecule has 0 amide bonds. The Morgan fingerprint density at radius 2 is 2.33 bits per heavy atom. The van der Waals surface area contributed by atoms with E-state index in [-0.39, 0.29) is 5.75 Å². The van der Waals surface area contributed by atoms with E-state index in [1.54, 1.807) is 0 Å².